The van der Waals surface area contributed by atoms with Gasteiger partial charge in [0.15, 0.2) is 0 Å². The van der Waals surface area contributed by atoms with Gasteiger partial charge in [-0.3, -0.25) is 9.78 Å². The van der Waals surface area contributed by atoms with E-state index in [2.05, 4.69) is 36.3 Å². The minimum atomic E-state index is -0.164. The number of carbonyl (C=O) groups excluding carboxylic acids is 1. The van der Waals surface area contributed by atoms with Crippen molar-refractivity contribution in [1.82, 2.24) is 15.3 Å². The Kier molecular flexibility index (Phi) is 5.28. The van der Waals surface area contributed by atoms with Gasteiger partial charge in [-0.25, -0.2) is 4.98 Å². The molecule has 0 bridgehead atoms. The van der Waals surface area contributed by atoms with E-state index < -0.39 is 0 Å². The van der Waals surface area contributed by atoms with Crippen LogP contribution in [0.3, 0.4) is 0 Å². The van der Waals surface area contributed by atoms with Gasteiger partial charge in [-0.15, -0.1) is 0 Å². The molecule has 0 atom stereocenters. The molecule has 2 aromatic heterocycles. The zero-order valence-electron chi connectivity index (χ0n) is 16.2. The molecule has 1 N–H and O–H groups in total. The molecule has 0 fully saturated rings. The van der Waals surface area contributed by atoms with Crippen LogP contribution in [0.1, 0.15) is 27.0 Å². The number of nitrogens with one attached hydrogen (secondary N) is 1. The van der Waals surface area contributed by atoms with E-state index in [1.54, 1.807) is 24.5 Å². The van der Waals surface area contributed by atoms with Crippen LogP contribution in [0.15, 0.2) is 67.0 Å². The molecule has 2 heterocycles. The Hall–Kier alpha value is -3.24. The lowest BCUT2D eigenvalue weighted by Gasteiger charge is -2.13. The fraction of sp³-hybridized carbons (Fsp3) is 0.125. The average Bonchev–Trinajstić information content (AvgIpc) is 2.72. The third-order valence-corrected chi connectivity index (χ3v) is 5.11. The Bertz CT molecular complexity index is 1210. The van der Waals surface area contributed by atoms with E-state index in [1.807, 2.05) is 30.3 Å². The molecule has 4 rings (SSSR count). The first-order valence-electron chi connectivity index (χ1n) is 9.36. The Morgan fingerprint density at radius 3 is 2.55 bits per heavy atom. The van der Waals surface area contributed by atoms with Crippen molar-refractivity contribution in [2.75, 3.05) is 0 Å². The monoisotopic (exact) mass is 401 g/mol. The fourth-order valence-corrected chi connectivity index (χ4v) is 3.58. The van der Waals surface area contributed by atoms with Crippen molar-refractivity contribution in [3.05, 3.63) is 94.3 Å². The summed E-state index contributed by atoms with van der Waals surface area (Å²) >= 11 is 6.20. The minimum Gasteiger partial charge on any atom is -0.348 e. The molecule has 0 spiro atoms. The number of hydrogen-bond acceptors (Lipinski definition) is 3. The third-order valence-electron chi connectivity index (χ3n) is 4.88. The van der Waals surface area contributed by atoms with Gasteiger partial charge in [-0.2, -0.15) is 0 Å². The number of benzene rings is 2. The second kappa shape index (κ2) is 8.02. The summed E-state index contributed by atoms with van der Waals surface area (Å²) in [6.45, 7) is 4.54. The molecule has 0 unspecified atom stereocenters. The third kappa shape index (κ3) is 4.13. The van der Waals surface area contributed by atoms with Crippen LogP contribution in [-0.4, -0.2) is 15.9 Å². The van der Waals surface area contributed by atoms with Gasteiger partial charge >= 0.3 is 0 Å². The standard InChI is InChI=1S/C24H20ClN3O/c1-15-3-5-19(16(2)11-15)23-13-21(20-12-18(25)4-6-22(20)28-23)24(29)27-14-17-7-9-26-10-8-17/h3-13H,14H2,1-2H3,(H,27,29). The van der Waals surface area contributed by atoms with E-state index in [-0.39, 0.29) is 5.91 Å². The first-order chi connectivity index (χ1) is 14.0. The van der Waals surface area contributed by atoms with Gasteiger partial charge < -0.3 is 5.32 Å². The van der Waals surface area contributed by atoms with E-state index in [0.717, 1.165) is 33.3 Å². The molecule has 0 saturated carbocycles. The fourth-order valence-electron chi connectivity index (χ4n) is 3.40. The summed E-state index contributed by atoms with van der Waals surface area (Å²) in [7, 11) is 0. The van der Waals surface area contributed by atoms with Crippen molar-refractivity contribution in [2.45, 2.75) is 20.4 Å². The highest BCUT2D eigenvalue weighted by Crippen LogP contribution is 2.29. The number of pyridine rings is 2. The summed E-state index contributed by atoms with van der Waals surface area (Å²) in [5, 5.41) is 4.30. The largest absolute Gasteiger partial charge is 0.348 e. The Balaban J connectivity index is 1.78. The normalized spacial score (nSPS) is 10.9. The smallest absolute Gasteiger partial charge is 0.252 e. The van der Waals surface area contributed by atoms with Crippen LogP contribution >= 0.6 is 11.6 Å². The number of rotatable bonds is 4. The SMILES string of the molecule is Cc1ccc(-c2cc(C(=O)NCc3ccncc3)c3cc(Cl)ccc3n2)c(C)c1. The van der Waals surface area contributed by atoms with Crippen LogP contribution in [-0.2, 0) is 6.54 Å². The Labute approximate surface area is 174 Å². The zero-order chi connectivity index (χ0) is 20.4. The summed E-state index contributed by atoms with van der Waals surface area (Å²) < 4.78 is 0. The number of hydrogen-bond donors (Lipinski definition) is 1. The molecule has 5 heteroatoms. The van der Waals surface area contributed by atoms with Crippen molar-refractivity contribution in [2.24, 2.45) is 0 Å². The van der Waals surface area contributed by atoms with Gasteiger partial charge in [-0.05, 0) is 61.4 Å². The van der Waals surface area contributed by atoms with E-state index in [0.29, 0.717) is 17.1 Å². The van der Waals surface area contributed by atoms with E-state index in [4.69, 9.17) is 16.6 Å². The topological polar surface area (TPSA) is 54.9 Å². The number of aryl methyl sites for hydroxylation is 2. The number of aromatic nitrogens is 2. The number of nitrogens with zero attached hydrogens (tertiary/aromatic N) is 2. The molecule has 0 saturated heterocycles. The van der Waals surface area contributed by atoms with E-state index in [9.17, 15) is 4.79 Å². The van der Waals surface area contributed by atoms with Crippen LogP contribution in [0, 0.1) is 13.8 Å². The quantitative estimate of drug-likeness (QED) is 0.491. The van der Waals surface area contributed by atoms with Crippen LogP contribution in [0.25, 0.3) is 22.2 Å². The van der Waals surface area contributed by atoms with E-state index >= 15 is 0 Å². The van der Waals surface area contributed by atoms with E-state index in [1.165, 1.54) is 5.56 Å². The molecule has 4 aromatic rings. The maximum atomic E-state index is 13.1. The number of amides is 1. The van der Waals surface area contributed by atoms with Gasteiger partial charge in [0.1, 0.15) is 0 Å². The lowest BCUT2D eigenvalue weighted by Crippen LogP contribution is -2.23. The molecular weight excluding hydrogens is 382 g/mol. The summed E-state index contributed by atoms with van der Waals surface area (Å²) in [5.41, 5.74) is 6.37. The molecule has 4 nitrogen and oxygen atoms in total. The predicted octanol–water partition coefficient (Wildman–Crippen LogP) is 5.50. The highest BCUT2D eigenvalue weighted by molar-refractivity contribution is 6.31. The first kappa shape index (κ1) is 19.1. The van der Waals surface area contributed by atoms with Crippen LogP contribution in [0.5, 0.6) is 0 Å². The van der Waals surface area contributed by atoms with Crippen LogP contribution in [0.4, 0.5) is 0 Å². The average molecular weight is 402 g/mol. The molecule has 29 heavy (non-hydrogen) atoms. The lowest BCUT2D eigenvalue weighted by atomic mass is 9.99. The molecule has 144 valence electrons. The van der Waals surface area contributed by atoms with Crippen molar-refractivity contribution >= 4 is 28.4 Å². The van der Waals surface area contributed by atoms with Crippen LogP contribution < -0.4 is 5.32 Å². The second-order valence-electron chi connectivity index (χ2n) is 7.07. The zero-order valence-corrected chi connectivity index (χ0v) is 17.0. The number of fused-ring (bicyclic) bond motifs is 1. The summed E-state index contributed by atoms with van der Waals surface area (Å²) in [6, 6.07) is 17.3. The molecule has 0 radical (unpaired) electrons. The molecule has 2 aromatic carbocycles. The predicted molar refractivity (Wildman–Crippen MR) is 117 cm³/mol. The van der Waals surface area contributed by atoms with Gasteiger partial charge in [-0.1, -0.05) is 35.4 Å². The summed E-state index contributed by atoms with van der Waals surface area (Å²) in [4.78, 5) is 21.9. The highest BCUT2D eigenvalue weighted by Gasteiger charge is 2.15. The van der Waals surface area contributed by atoms with Crippen molar-refractivity contribution in [3.8, 4) is 11.3 Å². The van der Waals surface area contributed by atoms with Gasteiger partial charge in [0.25, 0.3) is 5.91 Å². The molecule has 0 aliphatic heterocycles. The second-order valence-corrected chi connectivity index (χ2v) is 7.51. The van der Waals surface area contributed by atoms with Crippen LogP contribution in [0.2, 0.25) is 5.02 Å². The molecule has 1 amide bonds. The molecule has 0 aliphatic rings. The molecular formula is C24H20ClN3O. The van der Waals surface area contributed by atoms with Gasteiger partial charge in [0, 0.05) is 34.9 Å². The summed E-state index contributed by atoms with van der Waals surface area (Å²) in [5.74, 6) is -0.164. The summed E-state index contributed by atoms with van der Waals surface area (Å²) in [6.07, 6.45) is 3.42. The van der Waals surface area contributed by atoms with Crippen molar-refractivity contribution < 1.29 is 4.79 Å². The van der Waals surface area contributed by atoms with Gasteiger partial charge in [0.2, 0.25) is 0 Å². The highest BCUT2D eigenvalue weighted by atomic mass is 35.5. The maximum Gasteiger partial charge on any atom is 0.252 e. The molecule has 0 aliphatic carbocycles. The lowest BCUT2D eigenvalue weighted by molar-refractivity contribution is 0.0952. The maximum absolute atomic E-state index is 13.1. The Morgan fingerprint density at radius 2 is 1.79 bits per heavy atom. The van der Waals surface area contributed by atoms with Gasteiger partial charge in [0.05, 0.1) is 16.8 Å². The first-order valence-corrected chi connectivity index (χ1v) is 9.74. The Morgan fingerprint density at radius 1 is 1.00 bits per heavy atom. The number of halogens is 1. The minimum absolute atomic E-state index is 0.164. The van der Waals surface area contributed by atoms with Crippen molar-refractivity contribution in [3.63, 3.8) is 0 Å². The number of carbonyl (C=O) groups is 1. The van der Waals surface area contributed by atoms with Crippen molar-refractivity contribution in [1.29, 1.82) is 0 Å².